The largest absolute Gasteiger partial charge is 0.440 e. The lowest BCUT2D eigenvalue weighted by Crippen LogP contribution is -2.37. The van der Waals surface area contributed by atoms with Crippen molar-refractivity contribution >= 4 is 34.1 Å². The molecule has 32 heavy (non-hydrogen) atoms. The van der Waals surface area contributed by atoms with Crippen molar-refractivity contribution in [2.45, 2.75) is 31.5 Å². The van der Waals surface area contributed by atoms with E-state index in [9.17, 15) is 12.8 Å². The lowest BCUT2D eigenvalue weighted by molar-refractivity contribution is 0.534. The van der Waals surface area contributed by atoms with E-state index in [1.54, 1.807) is 18.3 Å². The number of halogens is 1. The average Bonchev–Trinajstić information content (AvgIpc) is 3.34. The molecule has 0 aliphatic carbocycles. The second-order valence-corrected chi connectivity index (χ2v) is 16.2. The third-order valence-electron chi connectivity index (χ3n) is 4.83. The van der Waals surface area contributed by atoms with Gasteiger partial charge in [-0.1, -0.05) is 50.0 Å². The Morgan fingerprint density at radius 1 is 1.00 bits per heavy atom. The minimum Gasteiger partial charge on any atom is -0.440 e. The number of hydrogen-bond donors (Lipinski definition) is 1. The Kier molecular flexibility index (Phi) is 5.66. The van der Waals surface area contributed by atoms with Crippen LogP contribution in [-0.4, -0.2) is 26.5 Å². The molecule has 0 aliphatic rings. The van der Waals surface area contributed by atoms with E-state index in [2.05, 4.69) is 30.0 Å². The molecular formula is C22H22FN3O3S2Si. The van der Waals surface area contributed by atoms with Crippen molar-refractivity contribution in [1.29, 1.82) is 0 Å². The monoisotopic (exact) mass is 487 g/mol. The maximum Gasteiger partial charge on any atom is 0.240 e. The zero-order chi connectivity index (χ0) is 23.3. The molecule has 0 fully saturated rings. The first-order chi connectivity index (χ1) is 14.9. The van der Waals surface area contributed by atoms with Gasteiger partial charge in [-0.2, -0.15) is 0 Å². The first-order valence-corrected chi connectivity index (χ1v) is 15.7. The highest BCUT2D eigenvalue weighted by molar-refractivity contribution is 7.89. The number of thiazole rings is 1. The van der Waals surface area contributed by atoms with Gasteiger partial charge in [0.05, 0.1) is 10.3 Å². The molecule has 0 bridgehead atoms. The number of rotatable bonds is 5. The van der Waals surface area contributed by atoms with Crippen LogP contribution in [0.15, 0.2) is 57.2 Å². The summed E-state index contributed by atoms with van der Waals surface area (Å²) in [6.45, 7) is 8.50. The summed E-state index contributed by atoms with van der Waals surface area (Å²) in [5.74, 6) is -0.0548. The van der Waals surface area contributed by atoms with Crippen molar-refractivity contribution in [2.75, 3.05) is 0 Å². The molecule has 2 aromatic carbocycles. The smallest absolute Gasteiger partial charge is 0.240 e. The zero-order valence-electron chi connectivity index (χ0n) is 18.0. The number of oxazole rings is 1. The second-order valence-electron chi connectivity index (χ2n) is 8.47. The van der Waals surface area contributed by atoms with Gasteiger partial charge in [0.25, 0.3) is 0 Å². The molecule has 4 aromatic rings. The van der Waals surface area contributed by atoms with Gasteiger partial charge < -0.3 is 4.42 Å². The highest BCUT2D eigenvalue weighted by atomic mass is 32.2. The molecule has 0 saturated carbocycles. The van der Waals surface area contributed by atoms with Crippen molar-refractivity contribution in [1.82, 2.24) is 9.97 Å². The van der Waals surface area contributed by atoms with E-state index in [0.29, 0.717) is 22.9 Å². The Morgan fingerprint density at radius 3 is 2.19 bits per heavy atom. The van der Waals surface area contributed by atoms with Crippen molar-refractivity contribution in [3.8, 4) is 33.8 Å². The maximum atomic E-state index is 14.4. The molecular weight excluding hydrogens is 465 g/mol. The van der Waals surface area contributed by atoms with Crippen LogP contribution in [0.3, 0.4) is 0 Å². The van der Waals surface area contributed by atoms with Gasteiger partial charge >= 0.3 is 0 Å². The fraction of sp³-hybridized carbons (Fsp3) is 0.182. The van der Waals surface area contributed by atoms with Crippen LogP contribution in [0.5, 0.6) is 0 Å². The van der Waals surface area contributed by atoms with Gasteiger partial charge in [0.15, 0.2) is 11.7 Å². The van der Waals surface area contributed by atoms with Gasteiger partial charge in [-0.3, -0.25) is 0 Å². The van der Waals surface area contributed by atoms with Crippen LogP contribution in [0.25, 0.3) is 33.8 Å². The van der Waals surface area contributed by atoms with Crippen LogP contribution in [-0.2, 0) is 10.0 Å². The standard InChI is InChI=1S/C22H22FN3O3S2Si/c1-13-25-20(16-9-10-19(17(23)11-16)31(24,27)28)21(29-13)15-7-5-14(6-8-15)18-12-30-22(26-18)32(2,3)4/h5-12H,1-4H3,(H2,24,27,28). The van der Waals surface area contributed by atoms with Crippen LogP contribution in [0.4, 0.5) is 4.39 Å². The number of hydrogen-bond acceptors (Lipinski definition) is 6. The van der Waals surface area contributed by atoms with Crippen LogP contribution >= 0.6 is 11.3 Å². The van der Waals surface area contributed by atoms with Gasteiger partial charge in [-0.25, -0.2) is 27.9 Å². The van der Waals surface area contributed by atoms with Gasteiger partial charge in [-0.05, 0) is 12.1 Å². The van der Waals surface area contributed by atoms with Crippen molar-refractivity contribution in [3.63, 3.8) is 0 Å². The maximum absolute atomic E-state index is 14.4. The molecule has 6 nitrogen and oxygen atoms in total. The topological polar surface area (TPSA) is 99.1 Å². The molecule has 0 atom stereocenters. The fourth-order valence-corrected chi connectivity index (χ4v) is 6.44. The van der Waals surface area contributed by atoms with Gasteiger partial charge in [0, 0.05) is 29.0 Å². The number of benzene rings is 2. The summed E-state index contributed by atoms with van der Waals surface area (Å²) in [7, 11) is -5.61. The van der Waals surface area contributed by atoms with E-state index in [1.807, 2.05) is 24.3 Å². The van der Waals surface area contributed by atoms with E-state index in [-0.39, 0.29) is 0 Å². The molecule has 10 heteroatoms. The van der Waals surface area contributed by atoms with Crippen molar-refractivity contribution < 1.29 is 17.2 Å². The number of sulfonamides is 1. The Bertz CT molecular complexity index is 1410. The highest BCUT2D eigenvalue weighted by Gasteiger charge is 2.22. The summed E-state index contributed by atoms with van der Waals surface area (Å²) in [5.41, 5.74) is 3.51. The summed E-state index contributed by atoms with van der Waals surface area (Å²) in [5, 5.41) is 7.13. The fourth-order valence-electron chi connectivity index (χ4n) is 3.24. The number of nitrogens with two attached hydrogens (primary N) is 1. The van der Waals surface area contributed by atoms with Gasteiger partial charge in [0.1, 0.15) is 24.5 Å². The first kappa shape index (κ1) is 22.5. The van der Waals surface area contributed by atoms with E-state index in [4.69, 9.17) is 14.5 Å². The number of aromatic nitrogens is 2. The number of nitrogens with zero attached hydrogens (tertiary/aromatic N) is 2. The lowest BCUT2D eigenvalue weighted by Gasteiger charge is -2.10. The molecule has 166 valence electrons. The van der Waals surface area contributed by atoms with Gasteiger partial charge in [-0.15, -0.1) is 11.3 Å². The van der Waals surface area contributed by atoms with E-state index in [0.717, 1.165) is 29.0 Å². The minimum atomic E-state index is -4.15. The molecule has 2 aromatic heterocycles. The quantitative estimate of drug-likeness (QED) is 0.409. The SMILES string of the molecule is Cc1nc(-c2ccc(S(N)(=O)=O)c(F)c2)c(-c2ccc(-c3csc([Si](C)(C)C)n3)cc2)o1. The molecule has 0 saturated heterocycles. The van der Waals surface area contributed by atoms with Crippen LogP contribution in [0.1, 0.15) is 5.89 Å². The molecule has 0 unspecified atom stereocenters. The molecule has 0 spiro atoms. The van der Waals surface area contributed by atoms with Gasteiger partial charge in [0.2, 0.25) is 10.0 Å². The third-order valence-corrected chi connectivity index (χ3v) is 10.0. The number of aryl methyl sites for hydroxylation is 1. The lowest BCUT2D eigenvalue weighted by atomic mass is 10.0. The zero-order valence-corrected chi connectivity index (χ0v) is 20.6. The molecule has 2 heterocycles. The normalized spacial score (nSPS) is 12.3. The Morgan fingerprint density at radius 2 is 1.62 bits per heavy atom. The summed E-state index contributed by atoms with van der Waals surface area (Å²) in [6, 6.07) is 11.4. The number of primary sulfonamides is 1. The van der Waals surface area contributed by atoms with Crippen molar-refractivity contribution in [3.05, 3.63) is 59.6 Å². The second kappa shape index (κ2) is 8.04. The molecule has 0 amide bonds. The molecule has 4 rings (SSSR count). The Labute approximate surface area is 191 Å². The summed E-state index contributed by atoms with van der Waals surface area (Å²) in [6.07, 6.45) is 0. The van der Waals surface area contributed by atoms with Crippen LogP contribution in [0, 0.1) is 12.7 Å². The Balaban J connectivity index is 1.70. The van der Waals surface area contributed by atoms with E-state index >= 15 is 0 Å². The molecule has 0 aliphatic heterocycles. The van der Waals surface area contributed by atoms with Crippen molar-refractivity contribution in [2.24, 2.45) is 5.14 Å². The summed E-state index contributed by atoms with van der Waals surface area (Å²) >= 11 is 1.69. The minimum absolute atomic E-state index is 0.394. The first-order valence-electron chi connectivity index (χ1n) is 9.80. The predicted molar refractivity (Wildman–Crippen MR) is 128 cm³/mol. The van der Waals surface area contributed by atoms with Crippen LogP contribution < -0.4 is 9.77 Å². The predicted octanol–water partition coefficient (Wildman–Crippen LogP) is 4.77. The average molecular weight is 488 g/mol. The van der Waals surface area contributed by atoms with E-state index in [1.165, 1.54) is 10.7 Å². The van der Waals surface area contributed by atoms with E-state index < -0.39 is 28.8 Å². The summed E-state index contributed by atoms with van der Waals surface area (Å²) < 4.78 is 44.4. The molecule has 2 N–H and O–H groups in total. The summed E-state index contributed by atoms with van der Waals surface area (Å²) in [4.78, 5) is 8.62. The molecule has 0 radical (unpaired) electrons. The van der Waals surface area contributed by atoms with Crippen LogP contribution in [0.2, 0.25) is 19.6 Å². The third kappa shape index (κ3) is 4.44. The Hall–Kier alpha value is -2.66. The highest BCUT2D eigenvalue weighted by Crippen LogP contribution is 2.34.